The zero-order valence-corrected chi connectivity index (χ0v) is 61.0. The highest BCUT2D eigenvalue weighted by Gasteiger charge is 2.29. The first kappa shape index (κ1) is 78.5. The third-order valence-electron chi connectivity index (χ3n) is 14.4. The third kappa shape index (κ3) is 18.2. The molecule has 0 saturated carbocycles. The van der Waals surface area contributed by atoms with Crippen LogP contribution in [-0.4, -0.2) is 148 Å². The summed E-state index contributed by atoms with van der Waals surface area (Å²) in [6, 6.07) is 17.0. The lowest BCUT2D eigenvalue weighted by Crippen LogP contribution is -2.26. The van der Waals surface area contributed by atoms with Crippen molar-refractivity contribution < 1.29 is 113 Å². The van der Waals surface area contributed by atoms with Gasteiger partial charge in [-0.2, -0.15) is 97.8 Å². The molecule has 8 aromatic carbocycles. The van der Waals surface area contributed by atoms with E-state index >= 15 is 0 Å². The van der Waals surface area contributed by atoms with Crippen molar-refractivity contribution in [3.63, 3.8) is 0 Å². The fourth-order valence-corrected chi connectivity index (χ4v) is 15.6. The number of hydrogen-bond acceptors (Lipinski definition) is 28. The molecule has 0 unspecified atom stereocenters. The molecule has 0 fully saturated rings. The number of ether oxygens (including phenoxy) is 2. The van der Waals surface area contributed by atoms with Crippen molar-refractivity contribution in [1.82, 2.24) is 29.9 Å². The molecule has 2 aromatic heterocycles. The van der Waals surface area contributed by atoms with Crippen LogP contribution in [0.2, 0.25) is 10.6 Å². The van der Waals surface area contributed by atoms with E-state index in [1.54, 1.807) is 0 Å². The van der Waals surface area contributed by atoms with Crippen molar-refractivity contribution in [1.29, 1.82) is 0 Å². The molecule has 0 aliphatic heterocycles. The number of fused-ring (bicyclic) bond motifs is 2. The molecule has 0 saturated heterocycles. The summed E-state index contributed by atoms with van der Waals surface area (Å²) < 4.78 is 290. The van der Waals surface area contributed by atoms with Gasteiger partial charge in [0.2, 0.25) is 33.0 Å². The van der Waals surface area contributed by atoms with Gasteiger partial charge in [-0.05, 0) is 144 Å². The minimum absolute atomic E-state index is 0.0114. The van der Waals surface area contributed by atoms with Crippen LogP contribution in [0.4, 0.5) is 45.5 Å². The van der Waals surface area contributed by atoms with Crippen molar-refractivity contribution >= 4 is 183 Å². The van der Waals surface area contributed by atoms with Crippen molar-refractivity contribution in [2.75, 3.05) is 14.2 Å². The smallest absolute Gasteiger partial charge is 0.295 e. The zero-order chi connectivity index (χ0) is 77.9. The maximum Gasteiger partial charge on any atom is 0.295 e. The van der Waals surface area contributed by atoms with Gasteiger partial charge in [-0.3, -0.25) is 46.4 Å². The van der Waals surface area contributed by atoms with Crippen LogP contribution in [0.3, 0.4) is 0 Å². The second-order valence-electron chi connectivity index (χ2n) is 21.6. The molecule has 556 valence electrons. The summed E-state index contributed by atoms with van der Waals surface area (Å²) in [6.07, 6.45) is 2.16. The molecule has 0 spiro atoms. The summed E-state index contributed by atoms with van der Waals surface area (Å²) in [5, 5.41) is 12.6. The Bertz CT molecular complexity index is 6460. The average molecular weight is 1660 g/mol. The highest BCUT2D eigenvalue weighted by atomic mass is 35.5. The van der Waals surface area contributed by atoms with Gasteiger partial charge in [0.1, 0.15) is 52.2 Å². The fourth-order valence-electron chi connectivity index (χ4n) is 9.80. The minimum Gasteiger partial charge on any atom is -0.494 e. The van der Waals surface area contributed by atoms with Gasteiger partial charge in [0.05, 0.1) is 58.1 Å². The van der Waals surface area contributed by atoms with Crippen LogP contribution < -0.4 is 31.9 Å². The van der Waals surface area contributed by atoms with Gasteiger partial charge in [-0.25, -0.2) is 20.0 Å². The van der Waals surface area contributed by atoms with Gasteiger partial charge in [0.25, 0.3) is 80.9 Å². The summed E-state index contributed by atoms with van der Waals surface area (Å²) in [5.74, 6) is -0.0227. The molecular formula is C56H44Cl2N14O26S8. The lowest BCUT2D eigenvalue weighted by molar-refractivity contribution is 0.416. The van der Waals surface area contributed by atoms with Crippen molar-refractivity contribution in [3.8, 4) is 11.5 Å². The molecule has 40 nitrogen and oxygen atoms in total. The quantitative estimate of drug-likeness (QED) is 0.0196. The van der Waals surface area contributed by atoms with E-state index < -0.39 is 153 Å². The zero-order valence-electron chi connectivity index (χ0n) is 53.0. The lowest BCUT2D eigenvalue weighted by atomic mass is 10.1. The Morgan fingerprint density at radius 1 is 0.349 bits per heavy atom. The fraction of sp³-hybridized carbons (Fsp3) is 0.0714. The monoisotopic (exact) mass is 1650 g/mol. The van der Waals surface area contributed by atoms with Crippen molar-refractivity contribution in [2.24, 2.45) is 40.4 Å². The summed E-state index contributed by atoms with van der Waals surface area (Å²) in [4.78, 5) is 28.0. The van der Waals surface area contributed by atoms with Gasteiger partial charge in [0, 0.05) is 33.7 Å². The van der Waals surface area contributed by atoms with Crippen LogP contribution in [0.1, 0.15) is 22.3 Å². The lowest BCUT2D eigenvalue weighted by Gasteiger charge is -2.11. The van der Waals surface area contributed by atoms with E-state index in [0.717, 1.165) is 48.6 Å². The number of H-pyrrole nitrogens is 4. The molecule has 50 heteroatoms. The van der Waals surface area contributed by atoms with Crippen molar-refractivity contribution in [2.45, 2.75) is 53.0 Å². The molecule has 0 amide bonds. The third-order valence-corrected chi connectivity index (χ3v) is 21.8. The second-order valence-corrected chi connectivity index (χ2v) is 33.5. The van der Waals surface area contributed by atoms with Crippen LogP contribution in [0.15, 0.2) is 189 Å². The number of azo groups is 2. The number of benzene rings is 8. The Kier molecular flexibility index (Phi) is 21.5. The summed E-state index contributed by atoms with van der Waals surface area (Å²) in [5.41, 5.74) is -1.94. The number of methoxy groups -OCH3 is 2. The molecule has 10 aromatic rings. The van der Waals surface area contributed by atoms with Crippen LogP contribution in [0, 0.1) is 13.8 Å². The molecule has 12 N–H and O–H groups in total. The number of nitrogens with one attached hydrogen (secondary N) is 4. The number of aryl methyl sites for hydroxylation is 2. The molecule has 106 heavy (non-hydrogen) atoms. The maximum atomic E-state index is 12.9. The Morgan fingerprint density at radius 2 is 0.660 bits per heavy atom. The first-order valence-corrected chi connectivity index (χ1v) is 40.4. The van der Waals surface area contributed by atoms with Gasteiger partial charge in [0.15, 0.2) is 0 Å². The Hall–Kier alpha value is -10.1. The highest BCUT2D eigenvalue weighted by molar-refractivity contribution is 7.88. The highest BCUT2D eigenvalue weighted by Crippen LogP contribution is 2.41. The molecule has 0 radical (unpaired) electrons. The normalized spacial score (nSPS) is 13.9. The van der Waals surface area contributed by atoms with E-state index in [4.69, 9.17) is 32.7 Å². The average Bonchev–Trinajstić information content (AvgIpc) is 0.748. The number of rotatable bonds is 20. The van der Waals surface area contributed by atoms with E-state index in [-0.39, 0.29) is 89.8 Å². The van der Waals surface area contributed by atoms with E-state index in [1.807, 2.05) is 0 Å². The molecule has 2 heterocycles. The Labute approximate surface area is 605 Å². The van der Waals surface area contributed by atoms with E-state index in [1.165, 1.54) is 64.5 Å². The molecule has 0 aliphatic rings. The first-order valence-electron chi connectivity index (χ1n) is 28.2. The predicted molar refractivity (Wildman–Crippen MR) is 369 cm³/mol. The molecule has 10 rings (SSSR count). The van der Waals surface area contributed by atoms with Gasteiger partial charge in [-0.15, -0.1) is 0 Å². The molecule has 0 bridgehead atoms. The number of hydrogen-bond donors (Lipinski definition) is 12. The summed E-state index contributed by atoms with van der Waals surface area (Å²) in [7, 11) is -39.5. The van der Waals surface area contributed by atoms with Crippen LogP contribution in [0.25, 0.3) is 33.7 Å². The molecular weight excluding hydrogens is 1610 g/mol. The number of halogens is 2. The van der Waals surface area contributed by atoms with Gasteiger partial charge in [-0.1, -0.05) is 24.3 Å². The van der Waals surface area contributed by atoms with Crippen LogP contribution in [-0.2, 0) is 80.9 Å². The number of aromatic amines is 4. The van der Waals surface area contributed by atoms with Crippen LogP contribution >= 0.6 is 23.2 Å². The van der Waals surface area contributed by atoms with Crippen LogP contribution in [0.5, 0.6) is 11.5 Å². The summed E-state index contributed by atoms with van der Waals surface area (Å²) >= 11 is 12.6. The van der Waals surface area contributed by atoms with E-state index in [0.29, 0.717) is 47.5 Å². The number of nitrogens with zero attached hydrogens (tertiary/aromatic N) is 10. The van der Waals surface area contributed by atoms with E-state index in [9.17, 15) is 104 Å². The topological polar surface area (TPSA) is 641 Å². The SMILES string of the molecule is COc1cc(N=Nc2cc(S(=O)(=O)O)c3cc(S(=O)(=O)O)cc(S(=O)(=O)O)c3c2)c(C)cc1N=c1[nH]c(Cl)nc(=Nc2ccc(/C=C/c3ccc(N=c4nc(Cl)[nH]c(=Nc5cc(C)c(N=Nc6cc(S(=O)(=O)O)c7cc(S(=O)(=O)O)cc(S(=O)(=O)O)c7c6)cc5OC)[nH]4)cc3S(=O)(=O)O)c(S(=O)(=O)O)c2)[nH]1. The van der Waals surface area contributed by atoms with Crippen molar-refractivity contribution in [3.05, 3.63) is 164 Å². The Balaban J connectivity index is 0.920. The predicted octanol–water partition coefficient (Wildman–Crippen LogP) is 7.94. The maximum absolute atomic E-state index is 12.9. The number of aromatic nitrogens is 6. The Morgan fingerprint density at radius 3 is 0.972 bits per heavy atom. The second kappa shape index (κ2) is 29.0. The standard InChI is InChI=1S/C56H44Cl2N14O26S8/c1-25-11-41(43(97-3)23-39(25)71-69-31-13-35-37(47(17-31)103(85,86)87)19-33(99(73,74)75)21-49(35)105(91,92)93)61-55-65-51(57)63-53(67-55)59-29-9-7-27(45(15-29)101(79,80)81)5-6-28-8-10-30(16-46(28)102(82,83)84)60-54-64-52(58)66-56(68-54)62-42-12-26(2)40(24-44(42)98-4)72-70-32-14-36-38(48(18-32)104(88,89)90)20-34(100(76,77)78)22-50(36)106(94,95)96/h5-24H,1-4H3,(H,73,74,75)(H,76,77,78)(H,79,80,81)(H,82,83,84)(H,85,86,87)(H,88,89,90)(H,91,92,93)(H,94,95,96)(H2,59,61,63,65,67)(H2,60,62,64,66,68)/b6-5+,71-69?,72-70?. The van der Waals surface area contributed by atoms with E-state index in [2.05, 4.69) is 70.3 Å². The molecule has 0 atom stereocenters. The molecule has 0 aliphatic carbocycles. The van der Waals surface area contributed by atoms with Gasteiger partial charge >= 0.3 is 0 Å². The largest absolute Gasteiger partial charge is 0.494 e. The minimum atomic E-state index is -5.34. The first-order chi connectivity index (χ1) is 49.0. The van der Waals surface area contributed by atoms with Gasteiger partial charge < -0.3 is 19.4 Å². The summed E-state index contributed by atoms with van der Waals surface area (Å²) in [6.45, 7) is 3.03.